The van der Waals surface area contributed by atoms with Gasteiger partial charge in [-0.1, -0.05) is 32.9 Å². The molecule has 0 spiro atoms. The number of Topliss-reactive ketones (excluding diaryl/α,β-unsaturated/α-hetero) is 1. The Balaban J connectivity index is 3.04. The highest BCUT2D eigenvalue weighted by Gasteiger charge is 2.43. The molecule has 0 aromatic carbocycles. The van der Waals surface area contributed by atoms with E-state index in [9.17, 15) is 24.0 Å². The highest BCUT2D eigenvalue weighted by Crippen LogP contribution is 2.26. The lowest BCUT2D eigenvalue weighted by atomic mass is 9.85. The van der Waals surface area contributed by atoms with Gasteiger partial charge in [-0.05, 0) is 58.3 Å². The molecular formula is C27H45N5O5. The second kappa shape index (κ2) is 13.9. The zero-order valence-corrected chi connectivity index (χ0v) is 23.2. The Hall–Kier alpha value is -3.17. The van der Waals surface area contributed by atoms with Gasteiger partial charge in [-0.15, -0.1) is 13.2 Å². The molecule has 3 atom stereocenters. The standard InChI is InChI=1S/C27H45N5O5/c1-9-11-14-18(20(33)23(35)28-16-12-10-2)29-22(34)19-15-13-17-32(19)24(36)21(26(3,4)5)30-25(37)31-27(6,7)8/h9-10,18-19,21H,1-2,11-17H2,3-8H3,(H,28,35)(H,29,34)(H2,30,31,37)/t18?,19-,21?/m0/s1. The number of hydrogen-bond acceptors (Lipinski definition) is 5. The second-order valence-electron chi connectivity index (χ2n) is 11.5. The van der Waals surface area contributed by atoms with E-state index in [-0.39, 0.29) is 18.9 Å². The van der Waals surface area contributed by atoms with E-state index in [1.165, 1.54) is 4.90 Å². The SMILES string of the molecule is C=CCCNC(=O)C(=O)C(CCC=C)NC(=O)[C@@H]1CCCN1C(=O)C(NC(=O)NC(C)(C)C)C(C)(C)C. The van der Waals surface area contributed by atoms with Crippen LogP contribution < -0.4 is 21.3 Å². The van der Waals surface area contributed by atoms with Crippen molar-refractivity contribution in [2.45, 2.75) is 97.3 Å². The molecule has 0 aromatic rings. The van der Waals surface area contributed by atoms with Crippen LogP contribution in [-0.2, 0) is 19.2 Å². The molecule has 0 aliphatic carbocycles. The molecule has 1 fully saturated rings. The van der Waals surface area contributed by atoms with Crippen molar-refractivity contribution < 1.29 is 24.0 Å². The van der Waals surface area contributed by atoms with Gasteiger partial charge in [0.2, 0.25) is 17.6 Å². The summed E-state index contributed by atoms with van der Waals surface area (Å²) in [5.41, 5.74) is -1.11. The van der Waals surface area contributed by atoms with E-state index in [1.54, 1.807) is 12.2 Å². The number of urea groups is 1. The first-order chi connectivity index (χ1) is 17.1. The van der Waals surface area contributed by atoms with E-state index < -0.39 is 52.7 Å². The fraction of sp³-hybridized carbons (Fsp3) is 0.667. The van der Waals surface area contributed by atoms with Crippen molar-refractivity contribution in [3.05, 3.63) is 25.3 Å². The minimum Gasteiger partial charge on any atom is -0.349 e. The number of rotatable bonds is 12. The summed E-state index contributed by atoms with van der Waals surface area (Å²) < 4.78 is 0. The maximum absolute atomic E-state index is 13.6. The van der Waals surface area contributed by atoms with E-state index in [1.807, 2.05) is 41.5 Å². The third kappa shape index (κ3) is 10.4. The first kappa shape index (κ1) is 31.9. The maximum atomic E-state index is 13.6. The van der Waals surface area contributed by atoms with E-state index in [0.29, 0.717) is 32.2 Å². The van der Waals surface area contributed by atoms with Gasteiger partial charge in [0.05, 0.1) is 6.04 Å². The molecule has 10 nitrogen and oxygen atoms in total. The molecule has 2 unspecified atom stereocenters. The largest absolute Gasteiger partial charge is 0.349 e. The normalized spacial score (nSPS) is 17.2. The minimum atomic E-state index is -1.04. The molecule has 0 bridgehead atoms. The summed E-state index contributed by atoms with van der Waals surface area (Å²) in [6.45, 7) is 18.9. The first-order valence-corrected chi connectivity index (χ1v) is 12.9. The van der Waals surface area contributed by atoms with Gasteiger partial charge in [-0.2, -0.15) is 0 Å². The molecule has 10 heteroatoms. The van der Waals surface area contributed by atoms with Crippen molar-refractivity contribution >= 4 is 29.5 Å². The number of carbonyl (C=O) groups is 5. The molecule has 1 heterocycles. The van der Waals surface area contributed by atoms with Crippen molar-refractivity contribution in [1.82, 2.24) is 26.2 Å². The van der Waals surface area contributed by atoms with Crippen LogP contribution >= 0.6 is 0 Å². The molecule has 0 aromatic heterocycles. The lowest BCUT2D eigenvalue weighted by molar-refractivity contribution is -0.143. The van der Waals surface area contributed by atoms with E-state index in [4.69, 9.17) is 0 Å². The van der Waals surface area contributed by atoms with Gasteiger partial charge in [0.25, 0.3) is 5.91 Å². The molecule has 1 aliphatic rings. The Bertz CT molecular complexity index is 871. The van der Waals surface area contributed by atoms with Crippen LogP contribution in [0.5, 0.6) is 0 Å². The minimum absolute atomic E-state index is 0.211. The van der Waals surface area contributed by atoms with Gasteiger partial charge >= 0.3 is 6.03 Å². The van der Waals surface area contributed by atoms with Crippen LogP contribution in [0.1, 0.15) is 73.6 Å². The van der Waals surface area contributed by atoms with E-state index in [0.717, 1.165) is 0 Å². The van der Waals surface area contributed by atoms with Crippen LogP contribution in [0.25, 0.3) is 0 Å². The average molecular weight is 520 g/mol. The van der Waals surface area contributed by atoms with Crippen molar-refractivity contribution in [2.24, 2.45) is 5.41 Å². The van der Waals surface area contributed by atoms with Gasteiger partial charge in [0, 0.05) is 18.6 Å². The van der Waals surface area contributed by atoms with E-state index in [2.05, 4.69) is 34.4 Å². The number of allylic oxidation sites excluding steroid dienone is 1. The van der Waals surface area contributed by atoms with Gasteiger partial charge in [0.15, 0.2) is 0 Å². The maximum Gasteiger partial charge on any atom is 0.315 e. The van der Waals surface area contributed by atoms with Crippen LogP contribution in [0, 0.1) is 5.41 Å². The summed E-state index contributed by atoms with van der Waals surface area (Å²) in [5, 5.41) is 10.8. The Morgan fingerprint density at radius 1 is 0.973 bits per heavy atom. The number of amides is 5. The summed E-state index contributed by atoms with van der Waals surface area (Å²) in [7, 11) is 0. The van der Waals surface area contributed by atoms with Gasteiger partial charge in [-0.25, -0.2) is 4.79 Å². The van der Waals surface area contributed by atoms with Gasteiger partial charge in [0.1, 0.15) is 12.1 Å². The van der Waals surface area contributed by atoms with E-state index >= 15 is 0 Å². The third-order valence-electron chi connectivity index (χ3n) is 5.87. The highest BCUT2D eigenvalue weighted by atomic mass is 16.2. The molecule has 4 N–H and O–H groups in total. The summed E-state index contributed by atoms with van der Waals surface area (Å²) in [5.74, 6) is -2.40. The molecule has 37 heavy (non-hydrogen) atoms. The number of hydrogen-bond donors (Lipinski definition) is 4. The number of likely N-dealkylation sites (tertiary alicyclic amines) is 1. The van der Waals surface area contributed by atoms with Crippen LogP contribution in [0.4, 0.5) is 4.79 Å². The molecule has 5 amide bonds. The monoisotopic (exact) mass is 519 g/mol. The second-order valence-corrected chi connectivity index (χ2v) is 11.5. The Morgan fingerprint density at radius 2 is 1.59 bits per heavy atom. The van der Waals surface area contributed by atoms with Gasteiger partial charge in [-0.3, -0.25) is 19.2 Å². The molecule has 1 aliphatic heterocycles. The Labute approximate surface area is 221 Å². The van der Waals surface area contributed by atoms with Crippen LogP contribution in [0.3, 0.4) is 0 Å². The van der Waals surface area contributed by atoms with Crippen molar-refractivity contribution in [3.63, 3.8) is 0 Å². The summed E-state index contributed by atoms with van der Waals surface area (Å²) >= 11 is 0. The number of nitrogens with zero attached hydrogens (tertiary/aromatic N) is 1. The van der Waals surface area contributed by atoms with Crippen molar-refractivity contribution in [1.29, 1.82) is 0 Å². The summed E-state index contributed by atoms with van der Waals surface area (Å²) in [6.07, 6.45) is 5.39. The fourth-order valence-corrected chi connectivity index (χ4v) is 3.98. The predicted molar refractivity (Wildman–Crippen MR) is 144 cm³/mol. The van der Waals surface area contributed by atoms with Crippen molar-refractivity contribution in [3.8, 4) is 0 Å². The fourth-order valence-electron chi connectivity index (χ4n) is 3.98. The first-order valence-electron chi connectivity index (χ1n) is 12.9. The lowest BCUT2D eigenvalue weighted by Crippen LogP contribution is -2.61. The molecule has 208 valence electrons. The molecule has 0 saturated carbocycles. The summed E-state index contributed by atoms with van der Waals surface area (Å²) in [4.78, 5) is 66.0. The smallest absolute Gasteiger partial charge is 0.315 e. The summed E-state index contributed by atoms with van der Waals surface area (Å²) in [6, 6.07) is -3.20. The Morgan fingerprint density at radius 3 is 2.14 bits per heavy atom. The lowest BCUT2D eigenvalue weighted by Gasteiger charge is -2.36. The molecular weight excluding hydrogens is 474 g/mol. The zero-order valence-electron chi connectivity index (χ0n) is 23.2. The predicted octanol–water partition coefficient (Wildman–Crippen LogP) is 2.20. The number of ketones is 1. The molecule has 1 saturated heterocycles. The number of carbonyl (C=O) groups excluding carboxylic acids is 5. The van der Waals surface area contributed by atoms with Crippen LogP contribution in [-0.4, -0.2) is 71.2 Å². The average Bonchev–Trinajstić information content (AvgIpc) is 3.27. The molecule has 0 radical (unpaired) electrons. The van der Waals surface area contributed by atoms with Crippen LogP contribution in [0.2, 0.25) is 0 Å². The van der Waals surface area contributed by atoms with Crippen LogP contribution in [0.15, 0.2) is 25.3 Å². The zero-order chi connectivity index (χ0) is 28.4. The van der Waals surface area contributed by atoms with Crippen molar-refractivity contribution in [2.75, 3.05) is 13.1 Å². The van der Waals surface area contributed by atoms with Gasteiger partial charge < -0.3 is 26.2 Å². The topological polar surface area (TPSA) is 137 Å². The highest BCUT2D eigenvalue weighted by molar-refractivity contribution is 6.38. The number of nitrogens with one attached hydrogen (secondary N) is 4. The Kier molecular flexibility index (Phi) is 12.0. The third-order valence-corrected chi connectivity index (χ3v) is 5.87. The molecule has 1 rings (SSSR count). The quantitative estimate of drug-likeness (QED) is 0.178.